The highest BCUT2D eigenvalue weighted by atomic mass is 16.5. The van der Waals surface area contributed by atoms with Crippen LogP contribution in [0, 0.1) is 5.92 Å². The van der Waals surface area contributed by atoms with Crippen molar-refractivity contribution in [3.05, 3.63) is 11.7 Å². The molecular formula is C12H19N3O2. The quantitative estimate of drug-likeness (QED) is 0.807. The van der Waals surface area contributed by atoms with E-state index in [1.54, 1.807) is 0 Å². The number of aliphatic hydroxyl groups is 1. The highest BCUT2D eigenvalue weighted by molar-refractivity contribution is 5.06. The molecule has 94 valence electrons. The number of rotatable bonds is 2. The molecule has 1 saturated carbocycles. The van der Waals surface area contributed by atoms with Crippen molar-refractivity contribution in [1.82, 2.24) is 15.5 Å². The summed E-state index contributed by atoms with van der Waals surface area (Å²) < 4.78 is 5.25. The molecule has 2 fully saturated rings. The van der Waals surface area contributed by atoms with E-state index in [1.165, 1.54) is 6.42 Å². The number of β-amino-alcohol motifs (C(OH)–C–C–N with tert-alkyl or cyclic N) is 1. The number of hydrogen-bond acceptors (Lipinski definition) is 5. The lowest BCUT2D eigenvalue weighted by Gasteiger charge is -2.14. The van der Waals surface area contributed by atoms with Gasteiger partial charge in [0.2, 0.25) is 0 Å². The Morgan fingerprint density at radius 3 is 3.00 bits per heavy atom. The Morgan fingerprint density at radius 1 is 1.47 bits per heavy atom. The SMILES string of the molecule is CC1CCC(c2noc(C3(O)CCNC3)n2)C1. The fraction of sp³-hybridized carbons (Fsp3) is 0.833. The summed E-state index contributed by atoms with van der Waals surface area (Å²) in [5.41, 5.74) is -0.949. The largest absolute Gasteiger partial charge is 0.379 e. The molecule has 2 aliphatic rings. The minimum Gasteiger partial charge on any atom is -0.379 e. The van der Waals surface area contributed by atoms with Crippen molar-refractivity contribution >= 4 is 0 Å². The minimum atomic E-state index is -0.949. The fourth-order valence-corrected chi connectivity index (χ4v) is 2.89. The van der Waals surface area contributed by atoms with Crippen LogP contribution in [0.15, 0.2) is 4.52 Å². The van der Waals surface area contributed by atoms with Crippen LogP contribution >= 0.6 is 0 Å². The second-order valence-electron chi connectivity index (χ2n) is 5.53. The van der Waals surface area contributed by atoms with Crippen molar-refractivity contribution in [2.75, 3.05) is 13.1 Å². The Bertz CT molecular complexity index is 398. The van der Waals surface area contributed by atoms with Gasteiger partial charge in [-0.1, -0.05) is 12.1 Å². The van der Waals surface area contributed by atoms with E-state index < -0.39 is 5.60 Å². The maximum atomic E-state index is 10.3. The number of hydrogen-bond donors (Lipinski definition) is 2. The monoisotopic (exact) mass is 237 g/mol. The van der Waals surface area contributed by atoms with Crippen molar-refractivity contribution in [2.24, 2.45) is 5.92 Å². The lowest BCUT2D eigenvalue weighted by atomic mass is 10.0. The molecule has 17 heavy (non-hydrogen) atoms. The fourth-order valence-electron chi connectivity index (χ4n) is 2.89. The average molecular weight is 237 g/mol. The maximum absolute atomic E-state index is 10.3. The van der Waals surface area contributed by atoms with Crippen LogP contribution in [0.3, 0.4) is 0 Å². The summed E-state index contributed by atoms with van der Waals surface area (Å²) in [5.74, 6) is 2.33. The Hall–Kier alpha value is -0.940. The Balaban J connectivity index is 1.78. The van der Waals surface area contributed by atoms with Crippen molar-refractivity contribution in [2.45, 2.75) is 44.1 Å². The standard InChI is InChI=1S/C12H19N3O2/c1-8-2-3-9(6-8)10-14-11(17-15-10)12(16)4-5-13-7-12/h8-9,13,16H,2-7H2,1H3. The number of aromatic nitrogens is 2. The van der Waals surface area contributed by atoms with Crippen molar-refractivity contribution in [1.29, 1.82) is 0 Å². The Kier molecular flexibility index (Phi) is 2.67. The highest BCUT2D eigenvalue weighted by Crippen LogP contribution is 2.37. The zero-order valence-corrected chi connectivity index (χ0v) is 10.1. The molecule has 5 nitrogen and oxygen atoms in total. The van der Waals surface area contributed by atoms with Gasteiger partial charge in [0.05, 0.1) is 0 Å². The van der Waals surface area contributed by atoms with Gasteiger partial charge in [0, 0.05) is 12.5 Å². The Morgan fingerprint density at radius 2 is 2.35 bits per heavy atom. The molecule has 0 bridgehead atoms. The van der Waals surface area contributed by atoms with E-state index in [2.05, 4.69) is 22.4 Å². The normalized spacial score (nSPS) is 37.8. The van der Waals surface area contributed by atoms with E-state index in [-0.39, 0.29) is 0 Å². The first-order valence-corrected chi connectivity index (χ1v) is 6.44. The molecule has 1 saturated heterocycles. The lowest BCUT2D eigenvalue weighted by Crippen LogP contribution is -2.28. The first-order valence-electron chi connectivity index (χ1n) is 6.44. The van der Waals surface area contributed by atoms with Crippen LogP contribution in [0.4, 0.5) is 0 Å². The second-order valence-corrected chi connectivity index (χ2v) is 5.53. The van der Waals surface area contributed by atoms with Crippen LogP contribution in [-0.4, -0.2) is 28.3 Å². The Labute approximate surface area is 101 Å². The first kappa shape index (κ1) is 11.2. The molecule has 1 aliphatic heterocycles. The predicted octanol–water partition coefficient (Wildman–Crippen LogP) is 1.15. The zero-order valence-electron chi connectivity index (χ0n) is 10.1. The van der Waals surface area contributed by atoms with Crippen molar-refractivity contribution in [3.63, 3.8) is 0 Å². The third-order valence-electron chi connectivity index (χ3n) is 4.03. The van der Waals surface area contributed by atoms with Crippen LogP contribution in [0.5, 0.6) is 0 Å². The van der Waals surface area contributed by atoms with E-state index in [0.717, 1.165) is 31.1 Å². The van der Waals surface area contributed by atoms with Gasteiger partial charge in [-0.3, -0.25) is 0 Å². The summed E-state index contributed by atoms with van der Waals surface area (Å²) in [5, 5.41) is 17.5. The zero-order chi connectivity index (χ0) is 11.9. The van der Waals surface area contributed by atoms with Crippen LogP contribution < -0.4 is 5.32 Å². The molecule has 5 heteroatoms. The van der Waals surface area contributed by atoms with E-state index in [4.69, 9.17) is 4.52 Å². The van der Waals surface area contributed by atoms with E-state index in [9.17, 15) is 5.11 Å². The van der Waals surface area contributed by atoms with Gasteiger partial charge in [0.1, 0.15) is 0 Å². The molecule has 1 aromatic heterocycles. The summed E-state index contributed by atoms with van der Waals surface area (Å²) >= 11 is 0. The average Bonchev–Trinajstić information content (AvgIpc) is 2.96. The third kappa shape index (κ3) is 1.98. The topological polar surface area (TPSA) is 71.2 Å². The number of nitrogens with zero attached hydrogens (tertiary/aromatic N) is 2. The van der Waals surface area contributed by atoms with Gasteiger partial charge in [-0.2, -0.15) is 4.98 Å². The highest BCUT2D eigenvalue weighted by Gasteiger charge is 2.39. The summed E-state index contributed by atoms with van der Waals surface area (Å²) in [6, 6.07) is 0. The maximum Gasteiger partial charge on any atom is 0.259 e. The molecule has 0 spiro atoms. The van der Waals surface area contributed by atoms with Crippen LogP contribution in [0.25, 0.3) is 0 Å². The van der Waals surface area contributed by atoms with Gasteiger partial charge >= 0.3 is 0 Å². The van der Waals surface area contributed by atoms with Gasteiger partial charge in [0.15, 0.2) is 11.4 Å². The molecule has 1 aliphatic carbocycles. The molecule has 0 aromatic carbocycles. The van der Waals surface area contributed by atoms with Crippen LogP contribution in [-0.2, 0) is 5.60 Å². The first-order chi connectivity index (χ1) is 8.17. The van der Waals surface area contributed by atoms with Gasteiger partial charge in [-0.05, 0) is 38.1 Å². The van der Waals surface area contributed by atoms with Gasteiger partial charge < -0.3 is 14.9 Å². The van der Waals surface area contributed by atoms with E-state index >= 15 is 0 Å². The smallest absolute Gasteiger partial charge is 0.259 e. The van der Waals surface area contributed by atoms with Crippen LogP contribution in [0.1, 0.15) is 50.2 Å². The summed E-state index contributed by atoms with van der Waals surface area (Å²) in [4.78, 5) is 4.41. The molecular weight excluding hydrogens is 218 g/mol. The summed E-state index contributed by atoms with van der Waals surface area (Å²) in [6.45, 7) is 3.57. The minimum absolute atomic E-state index is 0.386. The molecule has 0 radical (unpaired) electrons. The summed E-state index contributed by atoms with van der Waals surface area (Å²) in [7, 11) is 0. The summed E-state index contributed by atoms with van der Waals surface area (Å²) in [6.07, 6.45) is 4.16. The van der Waals surface area contributed by atoms with Gasteiger partial charge in [-0.25, -0.2) is 0 Å². The lowest BCUT2D eigenvalue weighted by molar-refractivity contribution is 0.0243. The molecule has 3 rings (SSSR count). The molecule has 3 atom stereocenters. The molecule has 2 N–H and O–H groups in total. The van der Waals surface area contributed by atoms with Gasteiger partial charge in [-0.15, -0.1) is 0 Å². The molecule has 0 amide bonds. The van der Waals surface area contributed by atoms with Crippen LogP contribution in [0.2, 0.25) is 0 Å². The van der Waals surface area contributed by atoms with E-state index in [1.807, 2.05) is 0 Å². The molecule has 3 unspecified atom stereocenters. The second kappa shape index (κ2) is 4.07. The van der Waals surface area contributed by atoms with Crippen molar-refractivity contribution in [3.8, 4) is 0 Å². The van der Waals surface area contributed by atoms with E-state index in [0.29, 0.717) is 24.8 Å². The number of nitrogens with one attached hydrogen (secondary N) is 1. The van der Waals surface area contributed by atoms with Crippen molar-refractivity contribution < 1.29 is 9.63 Å². The third-order valence-corrected chi connectivity index (χ3v) is 4.03. The molecule has 2 heterocycles. The predicted molar refractivity (Wildman–Crippen MR) is 61.4 cm³/mol. The molecule has 1 aromatic rings. The van der Waals surface area contributed by atoms with Gasteiger partial charge in [0.25, 0.3) is 5.89 Å².